The van der Waals surface area contributed by atoms with E-state index in [1.54, 1.807) is 17.1 Å². The monoisotopic (exact) mass is 302 g/mol. The Balaban J connectivity index is 0.00000132. The van der Waals surface area contributed by atoms with Crippen LogP contribution in [0, 0.1) is 0 Å². The van der Waals surface area contributed by atoms with Gasteiger partial charge in [0.05, 0.1) is 11.7 Å². The summed E-state index contributed by atoms with van der Waals surface area (Å²) in [5.74, 6) is 1.33. The van der Waals surface area contributed by atoms with E-state index in [0.717, 1.165) is 27.6 Å². The van der Waals surface area contributed by atoms with Gasteiger partial charge in [0.15, 0.2) is 0 Å². The van der Waals surface area contributed by atoms with Crippen molar-refractivity contribution >= 4 is 34.7 Å². The van der Waals surface area contributed by atoms with Crippen molar-refractivity contribution < 1.29 is 17.4 Å². The van der Waals surface area contributed by atoms with Gasteiger partial charge in [-0.05, 0) is 23.3 Å². The molecule has 1 atom stereocenters. The molecule has 1 aromatic heterocycles. The molecule has 2 aliphatic heterocycles. The summed E-state index contributed by atoms with van der Waals surface area (Å²) in [5, 5.41) is 16.4. The minimum absolute atomic E-state index is 0. The van der Waals surface area contributed by atoms with E-state index in [4.69, 9.17) is 0 Å². The largest absolute Gasteiger partial charge is 1.00 e. The predicted molar refractivity (Wildman–Crippen MR) is 75.6 cm³/mol. The summed E-state index contributed by atoms with van der Waals surface area (Å²) < 4.78 is 1.73. The summed E-state index contributed by atoms with van der Waals surface area (Å²) in [5.41, 5.74) is 2.70. The third-order valence-corrected chi connectivity index (χ3v) is 3.10. The van der Waals surface area contributed by atoms with Crippen LogP contribution in [-0.2, 0) is 7.05 Å². The van der Waals surface area contributed by atoms with Crippen LogP contribution in [-0.4, -0.2) is 33.0 Å². The van der Waals surface area contributed by atoms with Gasteiger partial charge in [0.2, 0.25) is 0 Å². The van der Waals surface area contributed by atoms with Gasteiger partial charge in [0, 0.05) is 12.7 Å². The van der Waals surface area contributed by atoms with Crippen molar-refractivity contribution in [2.75, 3.05) is 5.32 Å². The molecule has 0 saturated carbocycles. The average Bonchev–Trinajstić information content (AvgIpc) is 3.02. The van der Waals surface area contributed by atoms with Crippen molar-refractivity contribution in [2.24, 2.45) is 22.1 Å². The molecule has 2 aliphatic rings. The summed E-state index contributed by atoms with van der Waals surface area (Å²) in [7, 11) is 1.86. The Morgan fingerprint density at radius 1 is 1.29 bits per heavy atom. The molecule has 0 saturated heterocycles. The van der Waals surface area contributed by atoms with Crippen LogP contribution in [0.15, 0.2) is 45.7 Å². The minimum Gasteiger partial charge on any atom is -1.00 e. The first-order chi connectivity index (χ1) is 9.79. The molecule has 0 radical (unpaired) electrons. The Morgan fingerprint density at radius 3 is 3.05 bits per heavy atom. The molecule has 0 amide bonds. The summed E-state index contributed by atoms with van der Waals surface area (Å²) in [6.45, 7) is 0. The fourth-order valence-electron chi connectivity index (χ4n) is 2.11. The lowest BCUT2D eigenvalue weighted by molar-refractivity contribution is -0.748. The molecule has 1 aromatic carbocycles. The zero-order valence-electron chi connectivity index (χ0n) is 11.0. The molecule has 106 valence electrons. The molecule has 0 fully saturated rings. The molecule has 8 nitrogen and oxygen atoms in total. The molecule has 2 aromatic rings. The zero-order chi connectivity index (χ0) is 13.5. The quantitative estimate of drug-likeness (QED) is 0.573. The normalized spacial score (nSPS) is 19.0. The van der Waals surface area contributed by atoms with Gasteiger partial charge in [-0.1, -0.05) is 5.21 Å². The number of benzene rings is 1. The predicted octanol–water partition coefficient (Wildman–Crippen LogP) is -3.49. The molecule has 0 aliphatic carbocycles. The van der Waals surface area contributed by atoms with Crippen molar-refractivity contribution in [2.45, 2.75) is 0 Å². The highest BCUT2D eigenvalue weighted by molar-refractivity contribution is 6.29. The number of aryl methyl sites for hydroxylation is 1. The molecule has 1 unspecified atom stereocenters. The van der Waals surface area contributed by atoms with Crippen molar-refractivity contribution in [3.05, 3.63) is 30.6 Å². The van der Waals surface area contributed by atoms with Crippen LogP contribution < -0.4 is 22.7 Å². The standard InChI is InChI=1S/C12H10N8.ClH/c1-19-10-6-8(2-3-9(10)16-18-19)14-12-15-11-7-13-4-5-20(11)17-12;/h2-7H,1H3,(H,14,17);1H. The van der Waals surface area contributed by atoms with Gasteiger partial charge < -0.3 is 17.7 Å². The van der Waals surface area contributed by atoms with Crippen molar-refractivity contribution in [1.82, 2.24) is 15.0 Å². The van der Waals surface area contributed by atoms with Gasteiger partial charge >= 0.3 is 0 Å². The van der Waals surface area contributed by atoms with E-state index in [1.165, 1.54) is 0 Å². The summed E-state index contributed by atoms with van der Waals surface area (Å²) in [4.78, 5) is 8.40. The number of amidine groups is 1. The van der Waals surface area contributed by atoms with E-state index in [2.05, 4.69) is 30.7 Å². The topological polar surface area (TPSA) is 84.3 Å². The van der Waals surface area contributed by atoms with Crippen LogP contribution in [0.1, 0.15) is 0 Å². The highest BCUT2D eigenvalue weighted by Gasteiger charge is 2.24. The van der Waals surface area contributed by atoms with E-state index >= 15 is 0 Å². The lowest BCUT2D eigenvalue weighted by Gasteiger charge is -2.02. The Hall–Kier alpha value is -2.58. The molecule has 0 spiro atoms. The fourth-order valence-corrected chi connectivity index (χ4v) is 2.11. The maximum atomic E-state index is 4.40. The third kappa shape index (κ3) is 2.30. The number of halogens is 1. The number of guanidine groups is 1. The van der Waals surface area contributed by atoms with E-state index in [1.807, 2.05) is 31.4 Å². The van der Waals surface area contributed by atoms with Gasteiger partial charge in [-0.15, -0.1) is 10.1 Å². The second-order valence-electron chi connectivity index (χ2n) is 4.45. The number of fused-ring (bicyclic) bond motifs is 2. The average molecular weight is 303 g/mol. The van der Waals surface area contributed by atoms with Gasteiger partial charge in [0.1, 0.15) is 17.9 Å². The molecular formula is C12H11ClN8. The van der Waals surface area contributed by atoms with Gasteiger partial charge in [-0.3, -0.25) is 4.99 Å². The van der Waals surface area contributed by atoms with Gasteiger partial charge in [0.25, 0.3) is 11.8 Å². The minimum atomic E-state index is 0. The van der Waals surface area contributed by atoms with Crippen LogP contribution in [0.4, 0.5) is 5.69 Å². The van der Waals surface area contributed by atoms with Crippen LogP contribution in [0.25, 0.3) is 11.0 Å². The highest BCUT2D eigenvalue weighted by atomic mass is 35.5. The maximum Gasteiger partial charge on any atom is 0.286 e. The van der Waals surface area contributed by atoms with Crippen LogP contribution in [0.5, 0.6) is 0 Å². The van der Waals surface area contributed by atoms with E-state index in [0.29, 0.717) is 5.96 Å². The first-order valence-corrected chi connectivity index (χ1v) is 6.10. The number of nitrogens with zero attached hydrogens (tertiary/aromatic N) is 6. The Kier molecular flexibility index (Phi) is 3.24. The highest BCUT2D eigenvalue weighted by Crippen LogP contribution is 2.16. The number of hydrogen-bond donors (Lipinski definition) is 2. The number of rotatable bonds is 1. The maximum absolute atomic E-state index is 4.40. The van der Waals surface area contributed by atoms with Crippen LogP contribution >= 0.6 is 0 Å². The molecule has 0 bridgehead atoms. The second-order valence-corrected chi connectivity index (χ2v) is 4.45. The van der Waals surface area contributed by atoms with Crippen LogP contribution in [0.2, 0.25) is 0 Å². The lowest BCUT2D eigenvalue weighted by Crippen LogP contribution is -3.05. The number of quaternary nitrogens is 1. The number of aliphatic imine (C=N–C) groups is 2. The number of nitrogens with one attached hydrogen (secondary N) is 2. The first kappa shape index (κ1) is 13.4. The Bertz CT molecular complexity index is 816. The molecule has 4 rings (SSSR count). The SMILES string of the molecule is Cn1nnc2ccc(NC3=N[NH+]4C=CN=CC4=N3)cc21.[Cl-]. The fraction of sp³-hybridized carbons (Fsp3) is 0.0833. The summed E-state index contributed by atoms with van der Waals surface area (Å²) in [6.07, 6.45) is 5.23. The van der Waals surface area contributed by atoms with Gasteiger partial charge in [-0.25, -0.2) is 4.68 Å². The number of hydrogen-bond acceptors (Lipinski definition) is 6. The second kappa shape index (κ2) is 5.08. The van der Waals surface area contributed by atoms with Crippen molar-refractivity contribution in [3.63, 3.8) is 0 Å². The van der Waals surface area contributed by atoms with E-state index in [9.17, 15) is 0 Å². The molecular weight excluding hydrogens is 292 g/mol. The summed E-state index contributed by atoms with van der Waals surface area (Å²) in [6, 6.07) is 5.81. The zero-order valence-corrected chi connectivity index (χ0v) is 11.8. The Morgan fingerprint density at radius 2 is 2.19 bits per heavy atom. The smallest absolute Gasteiger partial charge is 0.286 e. The number of anilines is 1. The lowest BCUT2D eigenvalue weighted by atomic mass is 10.3. The first-order valence-electron chi connectivity index (χ1n) is 6.10. The molecule has 21 heavy (non-hydrogen) atoms. The van der Waals surface area contributed by atoms with E-state index < -0.39 is 0 Å². The molecule has 3 heterocycles. The Labute approximate surface area is 126 Å². The van der Waals surface area contributed by atoms with E-state index in [-0.39, 0.29) is 12.4 Å². The molecule has 2 N–H and O–H groups in total. The number of aromatic nitrogens is 3. The summed E-state index contributed by atoms with van der Waals surface area (Å²) >= 11 is 0. The third-order valence-electron chi connectivity index (χ3n) is 3.10. The van der Waals surface area contributed by atoms with Gasteiger partial charge in [-0.2, -0.15) is 4.99 Å². The van der Waals surface area contributed by atoms with Crippen molar-refractivity contribution in [3.8, 4) is 0 Å². The van der Waals surface area contributed by atoms with Crippen LogP contribution in [0.3, 0.4) is 0 Å². The molecule has 9 heteroatoms. The van der Waals surface area contributed by atoms with Crippen molar-refractivity contribution in [1.29, 1.82) is 0 Å².